The highest BCUT2D eigenvalue weighted by atomic mass is 32.2. The fraction of sp³-hybridized carbons (Fsp3) is 0.391. The number of carbonyl (C=O) groups is 2. The second kappa shape index (κ2) is 8.32. The third kappa shape index (κ3) is 3.79. The van der Waals surface area contributed by atoms with Crippen LogP contribution in [0.2, 0.25) is 0 Å². The second-order valence-electron chi connectivity index (χ2n) is 7.98. The first-order valence-electron chi connectivity index (χ1n) is 10.5. The van der Waals surface area contributed by atoms with Gasteiger partial charge >= 0.3 is 5.97 Å². The van der Waals surface area contributed by atoms with Crippen LogP contribution >= 0.6 is 11.8 Å². The molecule has 30 heavy (non-hydrogen) atoms. The lowest BCUT2D eigenvalue weighted by Gasteiger charge is -2.27. The molecule has 3 heterocycles. The molecule has 2 saturated heterocycles. The molecule has 2 aromatic rings. The zero-order valence-electron chi connectivity index (χ0n) is 16.8. The maximum Gasteiger partial charge on any atom is 0.343 e. The molecule has 0 aromatic heterocycles. The number of hydrogen-bond acceptors (Lipinski definition) is 6. The lowest BCUT2D eigenvalue weighted by Crippen LogP contribution is -2.42. The van der Waals surface area contributed by atoms with E-state index < -0.39 is 0 Å². The summed E-state index contributed by atoms with van der Waals surface area (Å²) in [5.41, 5.74) is 2.92. The van der Waals surface area contributed by atoms with Gasteiger partial charge in [0.05, 0.1) is 17.5 Å². The highest BCUT2D eigenvalue weighted by Crippen LogP contribution is 2.35. The Bertz CT molecular complexity index is 946. The first-order chi connectivity index (χ1) is 14.7. The Hall–Kier alpha value is -2.51. The topological polar surface area (TPSA) is 61.9 Å². The molecule has 1 amide bonds. The summed E-state index contributed by atoms with van der Waals surface area (Å²) in [4.78, 5) is 29.4. The standard InChI is InChI=1S/C23H25N3O3S/c27-22(25-10-11-30-15-25)20-13-18(14-24-20)26-9-8-17-12-19(6-7-21(17)26)29-23(28)16-4-2-1-3-5-16/h1-7,12,18,20,24H,8-11,13-15H2/t18-,20-/m0/s1. The normalized spacial score (nSPS) is 22.9. The summed E-state index contributed by atoms with van der Waals surface area (Å²) >= 11 is 1.82. The molecule has 5 rings (SSSR count). The maximum atomic E-state index is 12.7. The highest BCUT2D eigenvalue weighted by molar-refractivity contribution is 7.99. The zero-order chi connectivity index (χ0) is 20.5. The Labute approximate surface area is 180 Å². The van der Waals surface area contributed by atoms with Gasteiger partial charge in [-0.05, 0) is 48.7 Å². The Balaban J connectivity index is 1.24. The predicted octanol–water partition coefficient (Wildman–Crippen LogP) is 2.53. The van der Waals surface area contributed by atoms with Crippen LogP contribution in [0.3, 0.4) is 0 Å². The fourth-order valence-electron chi connectivity index (χ4n) is 4.54. The number of esters is 1. The first kappa shape index (κ1) is 19.5. The van der Waals surface area contributed by atoms with E-state index in [4.69, 9.17) is 4.74 Å². The number of benzene rings is 2. The van der Waals surface area contributed by atoms with Gasteiger partial charge in [0.15, 0.2) is 0 Å². The summed E-state index contributed by atoms with van der Waals surface area (Å²) in [6.45, 7) is 2.61. The highest BCUT2D eigenvalue weighted by Gasteiger charge is 2.37. The number of carbonyl (C=O) groups excluding carboxylic acids is 2. The largest absolute Gasteiger partial charge is 0.423 e. The number of amides is 1. The number of nitrogens with zero attached hydrogens (tertiary/aromatic N) is 2. The van der Waals surface area contributed by atoms with E-state index in [1.165, 1.54) is 11.3 Å². The number of hydrogen-bond donors (Lipinski definition) is 1. The van der Waals surface area contributed by atoms with E-state index in [0.29, 0.717) is 17.4 Å². The van der Waals surface area contributed by atoms with Crippen LogP contribution in [0.15, 0.2) is 48.5 Å². The van der Waals surface area contributed by atoms with Gasteiger partial charge in [-0.1, -0.05) is 18.2 Å². The smallest absolute Gasteiger partial charge is 0.343 e. The summed E-state index contributed by atoms with van der Waals surface area (Å²) in [5.74, 6) is 2.34. The minimum absolute atomic E-state index is 0.0798. The number of thioether (sulfide) groups is 1. The van der Waals surface area contributed by atoms with E-state index in [1.807, 2.05) is 53.1 Å². The average Bonchev–Trinajstić information content (AvgIpc) is 3.53. The summed E-state index contributed by atoms with van der Waals surface area (Å²) in [5, 5.41) is 3.44. The van der Waals surface area contributed by atoms with Crippen molar-refractivity contribution in [3.8, 4) is 5.75 Å². The van der Waals surface area contributed by atoms with Crippen molar-refractivity contribution < 1.29 is 14.3 Å². The number of fused-ring (bicyclic) bond motifs is 1. The van der Waals surface area contributed by atoms with E-state index in [2.05, 4.69) is 10.2 Å². The molecule has 0 saturated carbocycles. The zero-order valence-corrected chi connectivity index (χ0v) is 17.6. The van der Waals surface area contributed by atoms with Gasteiger partial charge in [0, 0.05) is 37.1 Å². The lowest BCUT2D eigenvalue weighted by atomic mass is 10.1. The van der Waals surface area contributed by atoms with Gasteiger partial charge in [-0.3, -0.25) is 4.79 Å². The quantitative estimate of drug-likeness (QED) is 0.602. The van der Waals surface area contributed by atoms with Gasteiger partial charge < -0.3 is 19.9 Å². The Morgan fingerprint density at radius 2 is 1.97 bits per heavy atom. The predicted molar refractivity (Wildman–Crippen MR) is 118 cm³/mol. The summed E-state index contributed by atoms with van der Waals surface area (Å²) in [6.07, 6.45) is 1.76. The molecule has 0 bridgehead atoms. The molecule has 156 valence electrons. The molecular weight excluding hydrogens is 398 g/mol. The molecule has 0 unspecified atom stereocenters. The third-order valence-corrected chi connectivity index (χ3v) is 7.08. The van der Waals surface area contributed by atoms with Crippen LogP contribution in [0.25, 0.3) is 0 Å². The van der Waals surface area contributed by atoms with E-state index in [1.54, 1.807) is 12.1 Å². The molecule has 0 spiro atoms. The van der Waals surface area contributed by atoms with Crippen LogP contribution in [0, 0.1) is 0 Å². The average molecular weight is 424 g/mol. The Morgan fingerprint density at radius 1 is 1.10 bits per heavy atom. The summed E-state index contributed by atoms with van der Waals surface area (Å²) in [7, 11) is 0. The van der Waals surface area contributed by atoms with Crippen molar-refractivity contribution in [2.24, 2.45) is 0 Å². The van der Waals surface area contributed by atoms with Crippen LogP contribution < -0.4 is 15.0 Å². The van der Waals surface area contributed by atoms with Crippen molar-refractivity contribution in [2.45, 2.75) is 24.9 Å². The maximum absolute atomic E-state index is 12.7. The molecule has 7 heteroatoms. The minimum atomic E-state index is -0.341. The summed E-state index contributed by atoms with van der Waals surface area (Å²) in [6, 6.07) is 15.2. The molecule has 2 fully saturated rings. The van der Waals surface area contributed by atoms with Crippen LogP contribution in [-0.2, 0) is 11.2 Å². The van der Waals surface area contributed by atoms with Gasteiger partial charge in [0.2, 0.25) is 5.91 Å². The number of anilines is 1. The van der Waals surface area contributed by atoms with Crippen molar-refractivity contribution in [3.63, 3.8) is 0 Å². The Kier molecular flexibility index (Phi) is 5.39. The van der Waals surface area contributed by atoms with E-state index in [-0.39, 0.29) is 17.9 Å². The van der Waals surface area contributed by atoms with Crippen molar-refractivity contribution in [3.05, 3.63) is 59.7 Å². The molecule has 6 nitrogen and oxygen atoms in total. The van der Waals surface area contributed by atoms with Gasteiger partial charge in [0.1, 0.15) is 5.75 Å². The van der Waals surface area contributed by atoms with Crippen molar-refractivity contribution in [1.82, 2.24) is 10.2 Å². The molecule has 0 radical (unpaired) electrons. The lowest BCUT2D eigenvalue weighted by molar-refractivity contribution is -0.131. The first-order valence-corrected chi connectivity index (χ1v) is 11.6. The van der Waals surface area contributed by atoms with E-state index in [9.17, 15) is 9.59 Å². The fourth-order valence-corrected chi connectivity index (χ4v) is 5.49. The van der Waals surface area contributed by atoms with E-state index >= 15 is 0 Å². The second-order valence-corrected chi connectivity index (χ2v) is 9.05. The van der Waals surface area contributed by atoms with Crippen LogP contribution in [0.4, 0.5) is 5.69 Å². The van der Waals surface area contributed by atoms with Crippen molar-refractivity contribution in [1.29, 1.82) is 0 Å². The molecule has 2 aromatic carbocycles. The summed E-state index contributed by atoms with van der Waals surface area (Å²) < 4.78 is 5.57. The van der Waals surface area contributed by atoms with Gasteiger partial charge in [-0.25, -0.2) is 4.79 Å². The van der Waals surface area contributed by atoms with Crippen molar-refractivity contribution in [2.75, 3.05) is 36.2 Å². The molecule has 1 N–H and O–H groups in total. The van der Waals surface area contributed by atoms with Gasteiger partial charge in [-0.2, -0.15) is 0 Å². The number of ether oxygens (including phenoxy) is 1. The van der Waals surface area contributed by atoms with Gasteiger partial charge in [-0.15, -0.1) is 11.8 Å². The molecule has 0 aliphatic carbocycles. The van der Waals surface area contributed by atoms with Crippen LogP contribution in [-0.4, -0.2) is 60.1 Å². The van der Waals surface area contributed by atoms with Crippen molar-refractivity contribution >= 4 is 29.3 Å². The van der Waals surface area contributed by atoms with Gasteiger partial charge in [0.25, 0.3) is 0 Å². The Morgan fingerprint density at radius 3 is 2.77 bits per heavy atom. The molecule has 2 atom stereocenters. The third-order valence-electron chi connectivity index (χ3n) is 6.11. The minimum Gasteiger partial charge on any atom is -0.423 e. The van der Waals surface area contributed by atoms with Crippen LogP contribution in [0.5, 0.6) is 5.75 Å². The number of nitrogens with one attached hydrogen (secondary N) is 1. The molecule has 3 aliphatic heterocycles. The SMILES string of the molecule is O=C(Oc1ccc2c(c1)CCN2[C@@H]1CN[C@H](C(=O)N2CCSC2)C1)c1ccccc1. The van der Waals surface area contributed by atoms with E-state index in [0.717, 1.165) is 44.1 Å². The van der Waals surface area contributed by atoms with Crippen LogP contribution in [0.1, 0.15) is 22.3 Å². The molecule has 3 aliphatic rings. The molecular formula is C23H25N3O3S. The monoisotopic (exact) mass is 423 g/mol. The number of rotatable bonds is 4.